The van der Waals surface area contributed by atoms with Gasteiger partial charge in [0.05, 0.1) is 12.7 Å². The highest BCUT2D eigenvalue weighted by Crippen LogP contribution is 2.29. The van der Waals surface area contributed by atoms with Gasteiger partial charge in [-0.25, -0.2) is 4.39 Å². The molecule has 20 heavy (non-hydrogen) atoms. The molecule has 0 aliphatic rings. The average Bonchev–Trinajstić information content (AvgIpc) is 2.48. The molecule has 0 saturated heterocycles. The van der Waals surface area contributed by atoms with E-state index in [0.717, 1.165) is 0 Å². The van der Waals surface area contributed by atoms with E-state index in [0.29, 0.717) is 22.8 Å². The number of methoxy groups -OCH3 is 1. The van der Waals surface area contributed by atoms with Crippen LogP contribution in [0.4, 0.5) is 4.39 Å². The molecule has 0 spiro atoms. The molecule has 5 nitrogen and oxygen atoms in total. The second kappa shape index (κ2) is 5.92. The smallest absolute Gasteiger partial charge is 0.173 e. The molecule has 0 fully saturated rings. The number of hydrogen-bond acceptors (Lipinski definition) is 4. The minimum absolute atomic E-state index is 0.0928. The van der Waals surface area contributed by atoms with E-state index in [2.05, 4.69) is 5.16 Å². The summed E-state index contributed by atoms with van der Waals surface area (Å²) in [5, 5.41) is 11.7. The highest BCUT2D eigenvalue weighted by atomic mass is 19.1. The molecule has 0 heterocycles. The van der Waals surface area contributed by atoms with Crippen LogP contribution < -0.4 is 15.2 Å². The molecule has 0 aromatic heterocycles. The van der Waals surface area contributed by atoms with Crippen molar-refractivity contribution in [1.29, 1.82) is 0 Å². The second-order valence-electron chi connectivity index (χ2n) is 3.90. The van der Waals surface area contributed by atoms with Crippen LogP contribution in [0.2, 0.25) is 0 Å². The Labute approximate surface area is 115 Å². The zero-order chi connectivity index (χ0) is 14.5. The van der Waals surface area contributed by atoms with E-state index < -0.39 is 0 Å². The van der Waals surface area contributed by atoms with Gasteiger partial charge in [0.2, 0.25) is 0 Å². The van der Waals surface area contributed by atoms with Gasteiger partial charge in [0.25, 0.3) is 0 Å². The Kier molecular flexibility index (Phi) is 4.05. The summed E-state index contributed by atoms with van der Waals surface area (Å²) in [7, 11) is 1.51. The lowest BCUT2D eigenvalue weighted by Gasteiger charge is -2.11. The van der Waals surface area contributed by atoms with Gasteiger partial charge in [-0.15, -0.1) is 0 Å². The van der Waals surface area contributed by atoms with Crippen LogP contribution >= 0.6 is 0 Å². The SMILES string of the molecule is COc1ccc(/C(N)=N/O)c(Oc2ccc(F)cc2)c1. The van der Waals surface area contributed by atoms with E-state index in [1.165, 1.54) is 31.4 Å². The van der Waals surface area contributed by atoms with Crippen LogP contribution in [0.3, 0.4) is 0 Å². The Morgan fingerprint density at radius 1 is 1.15 bits per heavy atom. The first kappa shape index (κ1) is 13.7. The van der Waals surface area contributed by atoms with Gasteiger partial charge in [-0.1, -0.05) is 5.16 Å². The first-order valence-corrected chi connectivity index (χ1v) is 5.73. The molecule has 0 bridgehead atoms. The largest absolute Gasteiger partial charge is 0.497 e. The van der Waals surface area contributed by atoms with Crippen LogP contribution in [-0.4, -0.2) is 18.2 Å². The zero-order valence-corrected chi connectivity index (χ0v) is 10.7. The van der Waals surface area contributed by atoms with Crippen LogP contribution in [0.5, 0.6) is 17.2 Å². The third-order valence-electron chi connectivity index (χ3n) is 2.61. The quantitative estimate of drug-likeness (QED) is 0.389. The summed E-state index contributed by atoms with van der Waals surface area (Å²) in [6.07, 6.45) is 0. The van der Waals surface area contributed by atoms with Crippen LogP contribution in [0.25, 0.3) is 0 Å². The maximum Gasteiger partial charge on any atom is 0.173 e. The number of oxime groups is 1. The molecule has 0 unspecified atom stereocenters. The van der Waals surface area contributed by atoms with E-state index in [9.17, 15) is 4.39 Å². The van der Waals surface area contributed by atoms with Crippen molar-refractivity contribution in [2.24, 2.45) is 10.9 Å². The van der Waals surface area contributed by atoms with E-state index >= 15 is 0 Å². The lowest BCUT2D eigenvalue weighted by atomic mass is 10.1. The average molecular weight is 276 g/mol. The summed E-state index contributed by atoms with van der Waals surface area (Å²) >= 11 is 0. The number of nitrogens with two attached hydrogens (primary N) is 1. The molecule has 104 valence electrons. The highest BCUT2D eigenvalue weighted by Gasteiger charge is 2.11. The van der Waals surface area contributed by atoms with Crippen molar-refractivity contribution in [3.05, 3.63) is 53.8 Å². The van der Waals surface area contributed by atoms with Gasteiger partial charge < -0.3 is 20.4 Å². The van der Waals surface area contributed by atoms with Gasteiger partial charge in [0.1, 0.15) is 23.1 Å². The first-order valence-electron chi connectivity index (χ1n) is 5.73. The van der Waals surface area contributed by atoms with Crippen molar-refractivity contribution in [2.75, 3.05) is 7.11 Å². The fourth-order valence-electron chi connectivity index (χ4n) is 1.61. The molecule has 0 atom stereocenters. The third-order valence-corrected chi connectivity index (χ3v) is 2.61. The van der Waals surface area contributed by atoms with Gasteiger partial charge in [-0.3, -0.25) is 0 Å². The van der Waals surface area contributed by atoms with Crippen molar-refractivity contribution in [1.82, 2.24) is 0 Å². The Balaban J connectivity index is 2.39. The fourth-order valence-corrected chi connectivity index (χ4v) is 1.61. The summed E-state index contributed by atoms with van der Waals surface area (Å²) in [5.74, 6) is 0.860. The van der Waals surface area contributed by atoms with Gasteiger partial charge >= 0.3 is 0 Å². The lowest BCUT2D eigenvalue weighted by molar-refractivity contribution is 0.318. The summed E-state index contributed by atoms with van der Waals surface area (Å²) in [4.78, 5) is 0. The molecule has 6 heteroatoms. The molecule has 0 radical (unpaired) electrons. The number of ether oxygens (including phenoxy) is 2. The summed E-state index contributed by atoms with van der Waals surface area (Å²) < 4.78 is 23.6. The van der Waals surface area contributed by atoms with Crippen LogP contribution in [0.15, 0.2) is 47.6 Å². The Bertz CT molecular complexity index is 627. The van der Waals surface area contributed by atoms with Crippen molar-refractivity contribution >= 4 is 5.84 Å². The van der Waals surface area contributed by atoms with Crippen LogP contribution in [0.1, 0.15) is 5.56 Å². The van der Waals surface area contributed by atoms with E-state index in [-0.39, 0.29) is 11.7 Å². The van der Waals surface area contributed by atoms with Crippen molar-refractivity contribution < 1.29 is 19.1 Å². The summed E-state index contributed by atoms with van der Waals surface area (Å²) in [6.45, 7) is 0. The Morgan fingerprint density at radius 3 is 2.40 bits per heavy atom. The van der Waals surface area contributed by atoms with Crippen LogP contribution in [-0.2, 0) is 0 Å². The topological polar surface area (TPSA) is 77.1 Å². The standard InChI is InChI=1S/C14H13FN2O3/c1-19-11-6-7-12(14(16)17-18)13(8-11)20-10-4-2-9(15)3-5-10/h2-8,18H,1H3,(H2,16,17). The molecule has 0 saturated carbocycles. The molecule has 3 N–H and O–H groups in total. The molecule has 0 aliphatic carbocycles. The lowest BCUT2D eigenvalue weighted by Crippen LogP contribution is -2.14. The van der Waals surface area contributed by atoms with Gasteiger partial charge in [0.15, 0.2) is 5.84 Å². The minimum atomic E-state index is -0.361. The van der Waals surface area contributed by atoms with Crippen LogP contribution in [0, 0.1) is 5.82 Å². The molecule has 2 aromatic carbocycles. The number of amidine groups is 1. The number of hydrogen-bond donors (Lipinski definition) is 2. The number of halogens is 1. The van der Waals surface area contributed by atoms with Crippen molar-refractivity contribution in [3.8, 4) is 17.2 Å². The van der Waals surface area contributed by atoms with Gasteiger partial charge in [0, 0.05) is 6.07 Å². The number of rotatable bonds is 4. The Morgan fingerprint density at radius 2 is 1.80 bits per heavy atom. The predicted molar refractivity (Wildman–Crippen MR) is 72.0 cm³/mol. The molecule has 0 aliphatic heterocycles. The normalized spacial score (nSPS) is 11.2. The molecular weight excluding hydrogens is 263 g/mol. The maximum absolute atomic E-state index is 12.9. The number of benzene rings is 2. The monoisotopic (exact) mass is 276 g/mol. The van der Waals surface area contributed by atoms with E-state index in [1.54, 1.807) is 18.2 Å². The third kappa shape index (κ3) is 2.97. The number of nitrogens with zero attached hydrogens (tertiary/aromatic N) is 1. The van der Waals surface area contributed by atoms with E-state index in [4.69, 9.17) is 20.4 Å². The van der Waals surface area contributed by atoms with Crippen molar-refractivity contribution in [3.63, 3.8) is 0 Å². The molecule has 2 aromatic rings. The summed E-state index contributed by atoms with van der Waals surface area (Å²) in [6, 6.07) is 10.4. The minimum Gasteiger partial charge on any atom is -0.497 e. The van der Waals surface area contributed by atoms with E-state index in [1.807, 2.05) is 0 Å². The second-order valence-corrected chi connectivity index (χ2v) is 3.90. The molecule has 0 amide bonds. The van der Waals surface area contributed by atoms with Gasteiger partial charge in [-0.2, -0.15) is 0 Å². The fraction of sp³-hybridized carbons (Fsp3) is 0.0714. The zero-order valence-electron chi connectivity index (χ0n) is 10.7. The summed E-state index contributed by atoms with van der Waals surface area (Å²) in [5.41, 5.74) is 5.98. The highest BCUT2D eigenvalue weighted by molar-refractivity contribution is 5.99. The Hall–Kier alpha value is -2.76. The molecule has 2 rings (SSSR count). The predicted octanol–water partition coefficient (Wildman–Crippen LogP) is 2.72. The maximum atomic E-state index is 12.9. The first-order chi connectivity index (χ1) is 9.63. The molecular formula is C14H13FN2O3. The van der Waals surface area contributed by atoms with Crippen molar-refractivity contribution in [2.45, 2.75) is 0 Å². The van der Waals surface area contributed by atoms with Gasteiger partial charge in [-0.05, 0) is 36.4 Å².